The third-order valence-corrected chi connectivity index (χ3v) is 3.05. The van der Waals surface area contributed by atoms with Gasteiger partial charge in [-0.15, -0.1) is 11.8 Å². The maximum absolute atomic E-state index is 5.94. The Morgan fingerprint density at radius 3 is 2.53 bits per heavy atom. The molecule has 15 heavy (non-hydrogen) atoms. The minimum Gasteiger partial charge on any atom is -0.395 e. The average Bonchev–Trinajstić information content (AvgIpc) is 2.61. The molecule has 0 atom stereocenters. The Bertz CT molecular complexity index is 464. The summed E-state index contributed by atoms with van der Waals surface area (Å²) in [6.45, 7) is 0. The molecule has 0 radical (unpaired) electrons. The van der Waals surface area contributed by atoms with Crippen molar-refractivity contribution in [3.8, 4) is 11.3 Å². The van der Waals surface area contributed by atoms with E-state index in [4.69, 9.17) is 17.3 Å². The van der Waals surface area contributed by atoms with Crippen LogP contribution in [0, 0.1) is 0 Å². The van der Waals surface area contributed by atoms with Crippen molar-refractivity contribution in [2.24, 2.45) is 0 Å². The van der Waals surface area contributed by atoms with Gasteiger partial charge in [0.15, 0.2) is 0 Å². The number of halogens is 1. The molecule has 0 unspecified atom stereocenters. The molecule has 0 spiro atoms. The molecule has 0 amide bonds. The number of nitrogens with one attached hydrogen (secondary N) is 1. The van der Waals surface area contributed by atoms with Crippen LogP contribution in [0.3, 0.4) is 0 Å². The second kappa shape index (κ2) is 4.16. The van der Waals surface area contributed by atoms with Crippen LogP contribution in [0.5, 0.6) is 0 Å². The first kappa shape index (κ1) is 10.4. The number of nitrogens with zero attached hydrogens (tertiary/aromatic N) is 1. The van der Waals surface area contributed by atoms with Gasteiger partial charge in [-0.25, -0.2) is 0 Å². The van der Waals surface area contributed by atoms with Crippen LogP contribution < -0.4 is 5.73 Å². The maximum Gasteiger partial charge on any atom is 0.141 e. The Labute approximate surface area is 97.0 Å². The van der Waals surface area contributed by atoms with Crippen LogP contribution in [0.1, 0.15) is 0 Å². The van der Waals surface area contributed by atoms with Crippen molar-refractivity contribution in [2.45, 2.75) is 5.03 Å². The zero-order valence-electron chi connectivity index (χ0n) is 8.12. The minimum absolute atomic E-state index is 0.685. The lowest BCUT2D eigenvalue weighted by Gasteiger charge is -1.99. The molecule has 5 heteroatoms. The van der Waals surface area contributed by atoms with Gasteiger partial charge in [-0.2, -0.15) is 5.10 Å². The number of nitrogens with two attached hydrogens (primary N) is 1. The van der Waals surface area contributed by atoms with E-state index in [1.807, 2.05) is 30.5 Å². The van der Waals surface area contributed by atoms with E-state index in [0.29, 0.717) is 10.7 Å². The average molecular weight is 240 g/mol. The number of thioether (sulfide) groups is 1. The van der Waals surface area contributed by atoms with Crippen molar-refractivity contribution >= 4 is 29.1 Å². The van der Waals surface area contributed by atoms with Crippen molar-refractivity contribution < 1.29 is 0 Å². The normalized spacial score (nSPS) is 10.5. The maximum atomic E-state index is 5.94. The monoisotopic (exact) mass is 239 g/mol. The number of H-pyrrole nitrogens is 1. The van der Waals surface area contributed by atoms with Crippen LogP contribution in [-0.2, 0) is 0 Å². The van der Waals surface area contributed by atoms with Gasteiger partial charge in [0.2, 0.25) is 0 Å². The van der Waals surface area contributed by atoms with Gasteiger partial charge < -0.3 is 5.73 Å². The fraction of sp³-hybridized carbons (Fsp3) is 0.100. The summed E-state index contributed by atoms with van der Waals surface area (Å²) < 4.78 is 0. The fourth-order valence-electron chi connectivity index (χ4n) is 1.33. The van der Waals surface area contributed by atoms with Gasteiger partial charge in [0.1, 0.15) is 5.03 Å². The fourth-order valence-corrected chi connectivity index (χ4v) is 1.91. The standard InChI is InChI=1S/C10H10ClN3S/c1-15-10-8(12)9(13-14-10)6-2-4-7(11)5-3-6/h2-5H,12H2,1H3,(H,13,14). The second-order valence-corrected chi connectivity index (χ2v) is 4.26. The Morgan fingerprint density at radius 2 is 2.00 bits per heavy atom. The van der Waals surface area contributed by atoms with Crippen molar-refractivity contribution in [2.75, 3.05) is 12.0 Å². The molecule has 1 aromatic carbocycles. The smallest absolute Gasteiger partial charge is 0.141 e. The van der Waals surface area contributed by atoms with E-state index in [2.05, 4.69) is 10.2 Å². The first-order valence-corrected chi connectivity index (χ1v) is 5.96. The largest absolute Gasteiger partial charge is 0.395 e. The van der Waals surface area contributed by atoms with Crippen LogP contribution >= 0.6 is 23.4 Å². The van der Waals surface area contributed by atoms with E-state index in [0.717, 1.165) is 16.3 Å². The molecular formula is C10H10ClN3S. The summed E-state index contributed by atoms with van der Waals surface area (Å²) in [5, 5.41) is 8.56. The highest BCUT2D eigenvalue weighted by Crippen LogP contribution is 2.30. The first-order chi connectivity index (χ1) is 7.22. The Hall–Kier alpha value is -1.13. The van der Waals surface area contributed by atoms with Crippen molar-refractivity contribution in [3.05, 3.63) is 29.3 Å². The van der Waals surface area contributed by atoms with E-state index >= 15 is 0 Å². The second-order valence-electron chi connectivity index (χ2n) is 3.03. The molecule has 0 bridgehead atoms. The highest BCUT2D eigenvalue weighted by Gasteiger charge is 2.10. The number of hydrogen-bond donors (Lipinski definition) is 2. The number of anilines is 1. The number of rotatable bonds is 2. The molecule has 1 heterocycles. The van der Waals surface area contributed by atoms with Crippen LogP contribution in [0.25, 0.3) is 11.3 Å². The lowest BCUT2D eigenvalue weighted by molar-refractivity contribution is 1.01. The minimum atomic E-state index is 0.685. The van der Waals surface area contributed by atoms with Crippen LogP contribution in [-0.4, -0.2) is 16.5 Å². The third kappa shape index (κ3) is 1.96. The summed E-state index contributed by atoms with van der Waals surface area (Å²) in [4.78, 5) is 0. The van der Waals surface area contributed by atoms with Crippen LogP contribution in [0.15, 0.2) is 29.3 Å². The number of nitrogen functional groups attached to an aromatic ring is 1. The van der Waals surface area contributed by atoms with Gasteiger partial charge in [0, 0.05) is 10.6 Å². The molecule has 2 aromatic rings. The van der Waals surface area contributed by atoms with Gasteiger partial charge in [0.05, 0.1) is 11.4 Å². The van der Waals surface area contributed by atoms with E-state index in [9.17, 15) is 0 Å². The van der Waals surface area contributed by atoms with E-state index in [-0.39, 0.29) is 0 Å². The zero-order chi connectivity index (χ0) is 10.8. The van der Waals surface area contributed by atoms with Crippen molar-refractivity contribution in [1.29, 1.82) is 0 Å². The molecule has 2 rings (SSSR count). The van der Waals surface area contributed by atoms with Gasteiger partial charge in [-0.3, -0.25) is 5.10 Å². The highest BCUT2D eigenvalue weighted by atomic mass is 35.5. The number of hydrogen-bond acceptors (Lipinski definition) is 3. The van der Waals surface area contributed by atoms with Crippen LogP contribution in [0.2, 0.25) is 5.02 Å². The third-order valence-electron chi connectivity index (χ3n) is 2.10. The first-order valence-electron chi connectivity index (χ1n) is 4.36. The van der Waals surface area contributed by atoms with Crippen molar-refractivity contribution in [1.82, 2.24) is 10.2 Å². The van der Waals surface area contributed by atoms with Gasteiger partial charge in [-0.1, -0.05) is 23.7 Å². The predicted molar refractivity (Wildman–Crippen MR) is 65.2 cm³/mol. The Balaban J connectivity index is 2.45. The predicted octanol–water partition coefficient (Wildman–Crippen LogP) is 3.03. The molecule has 0 aliphatic carbocycles. The van der Waals surface area contributed by atoms with E-state index in [1.165, 1.54) is 11.8 Å². The summed E-state index contributed by atoms with van der Waals surface area (Å²) in [6, 6.07) is 7.48. The molecule has 0 saturated carbocycles. The Morgan fingerprint density at radius 1 is 1.33 bits per heavy atom. The summed E-state index contributed by atoms with van der Waals surface area (Å²) in [5.74, 6) is 0. The van der Waals surface area contributed by atoms with Gasteiger partial charge in [0.25, 0.3) is 0 Å². The Kier molecular flexibility index (Phi) is 2.88. The number of aromatic amines is 1. The van der Waals surface area contributed by atoms with Crippen LogP contribution in [0.4, 0.5) is 5.69 Å². The molecule has 78 valence electrons. The SMILES string of the molecule is CSc1n[nH]c(-c2ccc(Cl)cc2)c1N. The quantitative estimate of drug-likeness (QED) is 0.792. The molecule has 0 fully saturated rings. The van der Waals surface area contributed by atoms with Crippen molar-refractivity contribution in [3.63, 3.8) is 0 Å². The van der Waals surface area contributed by atoms with E-state index in [1.54, 1.807) is 0 Å². The molecule has 3 nitrogen and oxygen atoms in total. The number of benzene rings is 1. The topological polar surface area (TPSA) is 54.7 Å². The lowest BCUT2D eigenvalue weighted by atomic mass is 10.1. The molecular weight excluding hydrogens is 230 g/mol. The molecule has 1 aromatic heterocycles. The van der Waals surface area contributed by atoms with Gasteiger partial charge in [-0.05, 0) is 18.4 Å². The van der Waals surface area contributed by atoms with E-state index < -0.39 is 0 Å². The molecule has 0 aliphatic rings. The lowest BCUT2D eigenvalue weighted by Crippen LogP contribution is -1.87. The molecule has 0 saturated heterocycles. The highest BCUT2D eigenvalue weighted by molar-refractivity contribution is 7.98. The zero-order valence-corrected chi connectivity index (χ0v) is 9.69. The summed E-state index contributed by atoms with van der Waals surface area (Å²) in [7, 11) is 0. The molecule has 0 aliphatic heterocycles. The molecule has 3 N–H and O–H groups in total. The number of aromatic nitrogens is 2. The van der Waals surface area contributed by atoms with Gasteiger partial charge >= 0.3 is 0 Å². The summed E-state index contributed by atoms with van der Waals surface area (Å²) in [6.07, 6.45) is 1.94. The summed E-state index contributed by atoms with van der Waals surface area (Å²) >= 11 is 7.33. The summed E-state index contributed by atoms with van der Waals surface area (Å²) in [5.41, 5.74) is 8.46.